The maximum absolute atomic E-state index is 12.8. The lowest BCUT2D eigenvalue weighted by Crippen LogP contribution is -2.24. The van der Waals surface area contributed by atoms with E-state index in [2.05, 4.69) is 15.4 Å². The first kappa shape index (κ1) is 16.3. The number of aromatic amines is 1. The average molecular weight is 348 g/mol. The molecule has 1 aliphatic rings. The molecular formula is C20H20N4O2. The van der Waals surface area contributed by atoms with Crippen LogP contribution in [0.3, 0.4) is 0 Å². The fourth-order valence-electron chi connectivity index (χ4n) is 3.28. The predicted molar refractivity (Wildman–Crippen MR) is 100 cm³/mol. The van der Waals surface area contributed by atoms with Gasteiger partial charge in [-0.3, -0.25) is 14.3 Å². The second-order valence-electron chi connectivity index (χ2n) is 6.71. The summed E-state index contributed by atoms with van der Waals surface area (Å²) in [7, 11) is 1.87. The molecule has 0 unspecified atom stereocenters. The van der Waals surface area contributed by atoms with E-state index in [4.69, 9.17) is 0 Å². The minimum Gasteiger partial charge on any atom is -0.325 e. The lowest BCUT2D eigenvalue weighted by molar-refractivity contribution is 0.102. The number of carbonyl (C=O) groups excluding carboxylic acids is 1. The number of hydrogen-bond donors (Lipinski definition) is 2. The molecule has 0 bridgehead atoms. The average Bonchev–Trinajstić information content (AvgIpc) is 3.39. The molecule has 0 aliphatic heterocycles. The smallest absolute Gasteiger partial charge is 0.261 e. The van der Waals surface area contributed by atoms with Crippen molar-refractivity contribution in [3.63, 3.8) is 0 Å². The second-order valence-corrected chi connectivity index (χ2v) is 6.71. The molecule has 0 saturated heterocycles. The van der Waals surface area contributed by atoms with Crippen LogP contribution in [0.1, 0.15) is 40.5 Å². The third-order valence-electron chi connectivity index (χ3n) is 4.76. The number of nitrogens with one attached hydrogen (secondary N) is 2. The number of aryl methyl sites for hydroxylation is 2. The number of amides is 1. The van der Waals surface area contributed by atoms with Gasteiger partial charge in [0.2, 0.25) is 0 Å². The van der Waals surface area contributed by atoms with E-state index in [1.165, 1.54) is 0 Å². The molecule has 2 aromatic heterocycles. The van der Waals surface area contributed by atoms with Gasteiger partial charge in [0, 0.05) is 24.2 Å². The summed E-state index contributed by atoms with van der Waals surface area (Å²) in [6, 6.07) is 11.4. The quantitative estimate of drug-likeness (QED) is 0.760. The van der Waals surface area contributed by atoms with Crippen molar-refractivity contribution >= 4 is 11.6 Å². The SMILES string of the molecule is Cc1[nH]c(=O)c(C(=O)Nc2cnn(C)c2C2CC2)cc1-c1ccccc1. The van der Waals surface area contributed by atoms with Crippen molar-refractivity contribution in [2.75, 3.05) is 5.32 Å². The number of hydrogen-bond acceptors (Lipinski definition) is 3. The fraction of sp³-hybridized carbons (Fsp3) is 0.250. The molecule has 26 heavy (non-hydrogen) atoms. The van der Waals surface area contributed by atoms with Crippen molar-refractivity contribution in [1.29, 1.82) is 0 Å². The molecule has 2 heterocycles. The molecule has 0 spiro atoms. The van der Waals surface area contributed by atoms with Gasteiger partial charge in [0.1, 0.15) is 5.56 Å². The Kier molecular flexibility index (Phi) is 3.95. The van der Waals surface area contributed by atoms with Gasteiger partial charge < -0.3 is 10.3 Å². The summed E-state index contributed by atoms with van der Waals surface area (Å²) < 4.78 is 1.79. The molecule has 0 atom stereocenters. The summed E-state index contributed by atoms with van der Waals surface area (Å²) in [5.74, 6) is 0.0207. The number of carbonyl (C=O) groups is 1. The number of nitrogens with zero attached hydrogens (tertiary/aromatic N) is 2. The van der Waals surface area contributed by atoms with Crippen LogP contribution in [-0.2, 0) is 7.05 Å². The summed E-state index contributed by atoms with van der Waals surface area (Å²) in [6.07, 6.45) is 3.85. The van der Waals surface area contributed by atoms with E-state index >= 15 is 0 Å². The van der Waals surface area contributed by atoms with Gasteiger partial charge in [-0.25, -0.2) is 0 Å². The molecule has 1 aliphatic carbocycles. The first-order valence-corrected chi connectivity index (χ1v) is 8.67. The molecule has 3 aromatic rings. The maximum Gasteiger partial charge on any atom is 0.261 e. The van der Waals surface area contributed by atoms with Crippen LogP contribution in [-0.4, -0.2) is 20.7 Å². The first-order valence-electron chi connectivity index (χ1n) is 8.67. The summed E-state index contributed by atoms with van der Waals surface area (Å²) in [4.78, 5) is 27.9. The first-order chi connectivity index (χ1) is 12.5. The number of anilines is 1. The van der Waals surface area contributed by atoms with Gasteiger partial charge in [-0.15, -0.1) is 0 Å². The summed E-state index contributed by atoms with van der Waals surface area (Å²) >= 11 is 0. The highest BCUT2D eigenvalue weighted by atomic mass is 16.2. The van der Waals surface area contributed by atoms with Gasteiger partial charge in [0.15, 0.2) is 0 Å². The lowest BCUT2D eigenvalue weighted by atomic mass is 10.0. The fourth-order valence-corrected chi connectivity index (χ4v) is 3.28. The Labute approximate surface area is 150 Å². The van der Waals surface area contributed by atoms with Crippen LogP contribution >= 0.6 is 0 Å². The molecule has 0 radical (unpaired) electrons. The zero-order valence-electron chi connectivity index (χ0n) is 14.7. The van der Waals surface area contributed by atoms with Crippen LogP contribution in [0.2, 0.25) is 0 Å². The van der Waals surface area contributed by atoms with Gasteiger partial charge in [-0.2, -0.15) is 5.10 Å². The Morgan fingerprint density at radius 3 is 2.69 bits per heavy atom. The third kappa shape index (κ3) is 2.94. The van der Waals surface area contributed by atoms with Crippen LogP contribution in [0.4, 0.5) is 5.69 Å². The zero-order chi connectivity index (χ0) is 18.3. The zero-order valence-corrected chi connectivity index (χ0v) is 14.7. The minimum absolute atomic E-state index is 0.0973. The molecule has 6 heteroatoms. The normalized spacial score (nSPS) is 13.6. The summed E-state index contributed by atoms with van der Waals surface area (Å²) in [6.45, 7) is 1.83. The number of pyridine rings is 1. The minimum atomic E-state index is -0.418. The van der Waals surface area contributed by atoms with Gasteiger partial charge in [0.25, 0.3) is 11.5 Å². The van der Waals surface area contributed by atoms with Crippen molar-refractivity contribution in [2.45, 2.75) is 25.7 Å². The molecule has 2 N–H and O–H groups in total. The van der Waals surface area contributed by atoms with Gasteiger partial charge >= 0.3 is 0 Å². The molecule has 132 valence electrons. The van der Waals surface area contributed by atoms with Crippen LogP contribution in [0.15, 0.2) is 47.4 Å². The number of H-pyrrole nitrogens is 1. The molecule has 6 nitrogen and oxygen atoms in total. The Hall–Kier alpha value is -3.15. The molecule has 1 fully saturated rings. The van der Waals surface area contributed by atoms with E-state index in [9.17, 15) is 9.59 Å². The molecule has 1 aromatic carbocycles. The van der Waals surface area contributed by atoms with E-state index in [1.807, 2.05) is 44.3 Å². The molecule has 1 saturated carbocycles. The van der Waals surface area contributed by atoms with Gasteiger partial charge in [-0.1, -0.05) is 30.3 Å². The number of benzene rings is 1. The van der Waals surface area contributed by atoms with Crippen LogP contribution < -0.4 is 10.9 Å². The maximum atomic E-state index is 12.8. The predicted octanol–water partition coefficient (Wildman–Crippen LogP) is 3.21. The molecule has 4 rings (SSSR count). The van der Waals surface area contributed by atoms with Crippen LogP contribution in [0, 0.1) is 6.92 Å². The van der Waals surface area contributed by atoms with E-state index < -0.39 is 11.5 Å². The van der Waals surface area contributed by atoms with Gasteiger partial charge in [0.05, 0.1) is 17.6 Å². The molecular weight excluding hydrogens is 328 g/mol. The topological polar surface area (TPSA) is 79.8 Å². The largest absolute Gasteiger partial charge is 0.325 e. The lowest BCUT2D eigenvalue weighted by Gasteiger charge is -2.10. The van der Waals surface area contributed by atoms with Crippen molar-refractivity contribution in [3.8, 4) is 11.1 Å². The Bertz CT molecular complexity index is 1030. The van der Waals surface area contributed by atoms with Gasteiger partial charge in [-0.05, 0) is 31.4 Å². The van der Waals surface area contributed by atoms with Crippen LogP contribution in [0.5, 0.6) is 0 Å². The summed E-state index contributed by atoms with van der Waals surface area (Å²) in [5.41, 5.74) is 3.93. The van der Waals surface area contributed by atoms with Crippen molar-refractivity contribution in [2.24, 2.45) is 7.05 Å². The molecule has 1 amide bonds. The third-order valence-corrected chi connectivity index (χ3v) is 4.76. The van der Waals surface area contributed by atoms with Crippen LogP contribution in [0.25, 0.3) is 11.1 Å². The number of aromatic nitrogens is 3. The van der Waals surface area contributed by atoms with Crippen molar-refractivity contribution in [1.82, 2.24) is 14.8 Å². The second kappa shape index (κ2) is 6.29. The monoisotopic (exact) mass is 348 g/mol. The number of rotatable bonds is 4. The highest BCUT2D eigenvalue weighted by Crippen LogP contribution is 2.43. The Morgan fingerprint density at radius 1 is 1.27 bits per heavy atom. The van der Waals surface area contributed by atoms with E-state index in [-0.39, 0.29) is 5.56 Å². The Morgan fingerprint density at radius 2 is 2.00 bits per heavy atom. The van der Waals surface area contributed by atoms with E-state index in [0.717, 1.165) is 35.4 Å². The summed E-state index contributed by atoms with van der Waals surface area (Å²) in [5, 5.41) is 7.11. The highest BCUT2D eigenvalue weighted by Gasteiger charge is 2.30. The highest BCUT2D eigenvalue weighted by molar-refractivity contribution is 6.05. The van der Waals surface area contributed by atoms with Crippen molar-refractivity contribution in [3.05, 3.63) is 69.9 Å². The Balaban J connectivity index is 1.69. The van der Waals surface area contributed by atoms with Crippen molar-refractivity contribution < 1.29 is 4.79 Å². The standard InChI is InChI=1S/C20H20N4O2/c1-12-15(13-6-4-3-5-7-13)10-16(19(25)22-12)20(26)23-17-11-21-24(2)18(17)14-8-9-14/h3-7,10-11,14H,8-9H2,1-2H3,(H,22,25)(H,23,26). The van der Waals surface area contributed by atoms with E-state index in [1.54, 1.807) is 16.9 Å². The van der Waals surface area contributed by atoms with E-state index in [0.29, 0.717) is 11.6 Å².